The van der Waals surface area contributed by atoms with Crippen LogP contribution in [0.4, 0.5) is 0 Å². The molecule has 6 heteroatoms. The first-order valence-corrected chi connectivity index (χ1v) is 7.41. The molecule has 0 unspecified atom stereocenters. The van der Waals surface area contributed by atoms with Gasteiger partial charge in [0.25, 0.3) is 5.91 Å². The number of halogens is 1. The summed E-state index contributed by atoms with van der Waals surface area (Å²) >= 11 is 6.03. The molecule has 1 N–H and O–H groups in total. The molecule has 22 heavy (non-hydrogen) atoms. The molecule has 1 amide bonds. The molecule has 0 saturated heterocycles. The quantitative estimate of drug-likeness (QED) is 0.805. The molecule has 0 fully saturated rings. The number of pyridine rings is 2. The predicted octanol–water partition coefficient (Wildman–Crippen LogP) is 2.88. The van der Waals surface area contributed by atoms with E-state index < -0.39 is 0 Å². The summed E-state index contributed by atoms with van der Waals surface area (Å²) in [4.78, 5) is 21.2. The number of nitrogens with one attached hydrogen (secondary N) is 1. The molecule has 3 aromatic rings. The fourth-order valence-corrected chi connectivity index (χ4v) is 2.47. The normalized spacial score (nSPS) is 10.8. The van der Waals surface area contributed by atoms with Crippen LogP contribution < -0.4 is 5.32 Å². The molecule has 0 radical (unpaired) electrons. The Morgan fingerprint density at radius 2 is 2.18 bits per heavy atom. The van der Waals surface area contributed by atoms with Crippen LogP contribution in [-0.2, 0) is 13.0 Å². The maximum atomic E-state index is 12.5. The maximum Gasteiger partial charge on any atom is 0.270 e. The van der Waals surface area contributed by atoms with Gasteiger partial charge in [0.2, 0.25) is 0 Å². The fraction of sp³-hybridized carbons (Fsp3) is 0.188. The second kappa shape index (κ2) is 6.15. The van der Waals surface area contributed by atoms with Crippen molar-refractivity contribution in [1.29, 1.82) is 0 Å². The number of carbonyl (C=O) groups excluding carboxylic acids is 1. The second-order valence-electron chi connectivity index (χ2n) is 4.84. The van der Waals surface area contributed by atoms with E-state index in [0.29, 0.717) is 29.3 Å². The molecule has 0 spiro atoms. The average molecular weight is 315 g/mol. The third-order valence-electron chi connectivity index (χ3n) is 3.36. The van der Waals surface area contributed by atoms with Gasteiger partial charge in [0.1, 0.15) is 11.3 Å². The van der Waals surface area contributed by atoms with Gasteiger partial charge < -0.3 is 5.32 Å². The Labute approximate surface area is 133 Å². The highest BCUT2D eigenvalue weighted by atomic mass is 35.5. The first kappa shape index (κ1) is 14.5. The predicted molar refractivity (Wildman–Crippen MR) is 85.0 cm³/mol. The van der Waals surface area contributed by atoms with Gasteiger partial charge >= 0.3 is 0 Å². The van der Waals surface area contributed by atoms with Gasteiger partial charge in [-0.25, -0.2) is 4.98 Å². The van der Waals surface area contributed by atoms with Crippen LogP contribution in [0.3, 0.4) is 0 Å². The number of fused-ring (bicyclic) bond motifs is 1. The molecule has 0 saturated carbocycles. The van der Waals surface area contributed by atoms with Gasteiger partial charge in [-0.15, -0.1) is 0 Å². The number of hydrogen-bond acceptors (Lipinski definition) is 3. The monoisotopic (exact) mass is 314 g/mol. The van der Waals surface area contributed by atoms with Crippen molar-refractivity contribution < 1.29 is 4.79 Å². The van der Waals surface area contributed by atoms with E-state index in [2.05, 4.69) is 15.3 Å². The van der Waals surface area contributed by atoms with Crippen LogP contribution in [0.5, 0.6) is 0 Å². The van der Waals surface area contributed by atoms with Crippen LogP contribution in [0.15, 0.2) is 42.7 Å². The van der Waals surface area contributed by atoms with Crippen molar-refractivity contribution in [1.82, 2.24) is 19.7 Å². The second-order valence-corrected chi connectivity index (χ2v) is 5.28. The molecule has 3 aromatic heterocycles. The SMILES string of the molecule is CCc1nc2ccc(Cl)cn2c1C(=O)NCc1ccccn1. The maximum absolute atomic E-state index is 12.5. The lowest BCUT2D eigenvalue weighted by Crippen LogP contribution is -2.25. The summed E-state index contributed by atoms with van der Waals surface area (Å²) in [6, 6.07) is 9.16. The molecule has 0 aliphatic heterocycles. The molecule has 0 aromatic carbocycles. The number of carbonyl (C=O) groups is 1. The molecule has 3 heterocycles. The summed E-state index contributed by atoms with van der Waals surface area (Å²) in [6.45, 7) is 2.34. The molecule has 0 aliphatic carbocycles. The third kappa shape index (κ3) is 2.80. The van der Waals surface area contributed by atoms with Crippen molar-refractivity contribution in [2.75, 3.05) is 0 Å². The van der Waals surface area contributed by atoms with E-state index >= 15 is 0 Å². The number of nitrogens with zero attached hydrogens (tertiary/aromatic N) is 3. The van der Waals surface area contributed by atoms with Crippen LogP contribution in [0.2, 0.25) is 5.02 Å². The highest BCUT2D eigenvalue weighted by Crippen LogP contribution is 2.17. The van der Waals surface area contributed by atoms with Crippen LogP contribution in [-0.4, -0.2) is 20.3 Å². The lowest BCUT2D eigenvalue weighted by atomic mass is 10.2. The Hall–Kier alpha value is -2.40. The third-order valence-corrected chi connectivity index (χ3v) is 3.58. The molecule has 112 valence electrons. The highest BCUT2D eigenvalue weighted by molar-refractivity contribution is 6.30. The molecule has 3 rings (SSSR count). The Kier molecular flexibility index (Phi) is 4.06. The minimum Gasteiger partial charge on any atom is -0.345 e. The van der Waals surface area contributed by atoms with Gasteiger partial charge in [-0.3, -0.25) is 14.2 Å². The Balaban J connectivity index is 1.91. The zero-order valence-corrected chi connectivity index (χ0v) is 12.8. The van der Waals surface area contributed by atoms with E-state index in [9.17, 15) is 4.79 Å². The lowest BCUT2D eigenvalue weighted by molar-refractivity contribution is 0.0943. The van der Waals surface area contributed by atoms with Crippen molar-refractivity contribution in [2.24, 2.45) is 0 Å². The standard InChI is InChI=1S/C16H15ClN4O/c1-2-13-15(21-10-11(17)6-7-14(21)20-13)16(22)19-9-12-5-3-4-8-18-12/h3-8,10H,2,9H2,1H3,(H,19,22). The smallest absolute Gasteiger partial charge is 0.270 e. The van der Waals surface area contributed by atoms with Gasteiger partial charge in [-0.1, -0.05) is 24.6 Å². The summed E-state index contributed by atoms with van der Waals surface area (Å²) < 4.78 is 1.73. The van der Waals surface area contributed by atoms with Crippen molar-refractivity contribution in [3.05, 3.63) is 64.8 Å². The van der Waals surface area contributed by atoms with E-state index in [-0.39, 0.29) is 5.91 Å². The molecular formula is C16H15ClN4O. The Bertz CT molecular complexity index is 814. The Morgan fingerprint density at radius 3 is 2.91 bits per heavy atom. The zero-order chi connectivity index (χ0) is 15.5. The number of rotatable bonds is 4. The zero-order valence-electron chi connectivity index (χ0n) is 12.1. The molecule has 0 aliphatic rings. The van der Waals surface area contributed by atoms with Crippen LogP contribution in [0, 0.1) is 0 Å². The van der Waals surface area contributed by atoms with E-state index in [0.717, 1.165) is 11.4 Å². The summed E-state index contributed by atoms with van der Waals surface area (Å²) in [7, 11) is 0. The molecule has 5 nitrogen and oxygen atoms in total. The van der Waals surface area contributed by atoms with Crippen molar-refractivity contribution in [3.8, 4) is 0 Å². The lowest BCUT2D eigenvalue weighted by Gasteiger charge is -2.06. The first-order valence-electron chi connectivity index (χ1n) is 7.03. The Morgan fingerprint density at radius 1 is 1.32 bits per heavy atom. The van der Waals surface area contributed by atoms with Crippen LogP contribution in [0.1, 0.15) is 28.8 Å². The number of aryl methyl sites for hydroxylation is 1. The van der Waals surface area contributed by atoms with E-state index in [1.54, 1.807) is 28.9 Å². The van der Waals surface area contributed by atoms with Crippen molar-refractivity contribution in [2.45, 2.75) is 19.9 Å². The van der Waals surface area contributed by atoms with Crippen molar-refractivity contribution >= 4 is 23.2 Å². The molecular weight excluding hydrogens is 300 g/mol. The van der Waals surface area contributed by atoms with Crippen LogP contribution in [0.25, 0.3) is 5.65 Å². The van der Waals surface area contributed by atoms with Crippen molar-refractivity contribution in [3.63, 3.8) is 0 Å². The van der Waals surface area contributed by atoms with Gasteiger partial charge in [-0.05, 0) is 30.7 Å². The molecule has 0 atom stereocenters. The number of imidazole rings is 1. The van der Waals surface area contributed by atoms with E-state index in [4.69, 9.17) is 11.6 Å². The minimum absolute atomic E-state index is 0.183. The number of amides is 1. The largest absolute Gasteiger partial charge is 0.345 e. The summed E-state index contributed by atoms with van der Waals surface area (Å²) in [6.07, 6.45) is 4.08. The summed E-state index contributed by atoms with van der Waals surface area (Å²) in [5.74, 6) is -0.183. The first-order chi connectivity index (χ1) is 10.7. The van der Waals surface area contributed by atoms with E-state index in [1.807, 2.05) is 25.1 Å². The van der Waals surface area contributed by atoms with Gasteiger partial charge in [-0.2, -0.15) is 0 Å². The van der Waals surface area contributed by atoms with E-state index in [1.165, 1.54) is 0 Å². The van der Waals surface area contributed by atoms with Crippen LogP contribution >= 0.6 is 11.6 Å². The minimum atomic E-state index is -0.183. The van der Waals surface area contributed by atoms with Gasteiger partial charge in [0.05, 0.1) is 23.0 Å². The van der Waals surface area contributed by atoms with Gasteiger partial charge in [0, 0.05) is 12.4 Å². The molecule has 0 bridgehead atoms. The fourth-order valence-electron chi connectivity index (χ4n) is 2.31. The average Bonchev–Trinajstić information content (AvgIpc) is 2.91. The highest BCUT2D eigenvalue weighted by Gasteiger charge is 2.18. The number of hydrogen-bond donors (Lipinski definition) is 1. The van der Waals surface area contributed by atoms with Gasteiger partial charge in [0.15, 0.2) is 0 Å². The summed E-state index contributed by atoms with van der Waals surface area (Å²) in [5, 5.41) is 3.44. The number of aromatic nitrogens is 3. The summed E-state index contributed by atoms with van der Waals surface area (Å²) in [5.41, 5.74) is 2.79. The topological polar surface area (TPSA) is 59.3 Å².